The number of pyridine rings is 1. The van der Waals surface area contributed by atoms with Gasteiger partial charge in [-0.1, -0.05) is 12.5 Å². The highest BCUT2D eigenvalue weighted by molar-refractivity contribution is 7.99. The summed E-state index contributed by atoms with van der Waals surface area (Å²) in [7, 11) is 0. The van der Waals surface area contributed by atoms with Gasteiger partial charge < -0.3 is 14.6 Å². The van der Waals surface area contributed by atoms with Crippen LogP contribution in [0.2, 0.25) is 0 Å². The third kappa shape index (κ3) is 2.88. The first-order chi connectivity index (χ1) is 11.7. The molecule has 1 aliphatic carbocycles. The van der Waals surface area contributed by atoms with Crippen molar-refractivity contribution in [2.45, 2.75) is 31.8 Å². The summed E-state index contributed by atoms with van der Waals surface area (Å²) in [4.78, 5) is 31.2. The van der Waals surface area contributed by atoms with Crippen LogP contribution in [0.4, 0.5) is 0 Å². The van der Waals surface area contributed by atoms with Crippen LogP contribution in [0.15, 0.2) is 30.6 Å². The lowest BCUT2D eigenvalue weighted by atomic mass is 9.84. The lowest BCUT2D eigenvalue weighted by Gasteiger charge is -2.31. The van der Waals surface area contributed by atoms with Crippen molar-refractivity contribution in [3.05, 3.63) is 36.3 Å². The fraction of sp³-hybridized carbons (Fsp3) is 0.471. The summed E-state index contributed by atoms with van der Waals surface area (Å²) in [6.07, 6.45) is 6.91. The van der Waals surface area contributed by atoms with Gasteiger partial charge in [-0.15, -0.1) is 11.8 Å². The van der Waals surface area contributed by atoms with E-state index in [-0.39, 0.29) is 23.8 Å². The number of carbonyl (C=O) groups excluding carboxylic acids is 2. The van der Waals surface area contributed by atoms with Gasteiger partial charge in [-0.3, -0.25) is 9.59 Å². The molecule has 0 bridgehead atoms. The molecule has 126 valence electrons. The van der Waals surface area contributed by atoms with E-state index in [4.69, 9.17) is 0 Å². The van der Waals surface area contributed by atoms with E-state index >= 15 is 0 Å². The molecule has 3 heterocycles. The molecular formula is C17H20N4O2S. The lowest BCUT2D eigenvalue weighted by Crippen LogP contribution is -2.49. The first-order valence-electron chi connectivity index (χ1n) is 8.31. The molecule has 2 fully saturated rings. The van der Waals surface area contributed by atoms with Crippen LogP contribution in [0.3, 0.4) is 0 Å². The molecular weight excluding hydrogens is 324 g/mol. The van der Waals surface area contributed by atoms with Gasteiger partial charge in [0, 0.05) is 24.1 Å². The molecule has 2 aromatic rings. The molecule has 1 N–H and O–H groups in total. The van der Waals surface area contributed by atoms with Crippen molar-refractivity contribution in [2.24, 2.45) is 5.92 Å². The Bertz CT molecular complexity index is 738. The first-order valence-corrected chi connectivity index (χ1v) is 9.46. The second-order valence-corrected chi connectivity index (χ2v) is 7.37. The number of rotatable bonds is 4. The minimum atomic E-state index is -0.347. The predicted molar refractivity (Wildman–Crippen MR) is 92.3 cm³/mol. The smallest absolute Gasteiger partial charge is 0.244 e. The topological polar surface area (TPSA) is 66.7 Å². The third-order valence-electron chi connectivity index (χ3n) is 4.78. The number of nitrogens with zero attached hydrogens (tertiary/aromatic N) is 3. The largest absolute Gasteiger partial charge is 0.349 e. The zero-order valence-corrected chi connectivity index (χ0v) is 14.2. The zero-order valence-electron chi connectivity index (χ0n) is 13.4. The Labute approximate surface area is 144 Å². The maximum Gasteiger partial charge on any atom is 0.244 e. The van der Waals surface area contributed by atoms with Crippen LogP contribution in [0.5, 0.6) is 0 Å². The monoisotopic (exact) mass is 344 g/mol. The summed E-state index contributed by atoms with van der Waals surface area (Å²) in [6.45, 7) is 0.382. The summed E-state index contributed by atoms with van der Waals surface area (Å²) < 4.78 is 1.93. The maximum absolute atomic E-state index is 12.5. The highest BCUT2D eigenvalue weighted by Crippen LogP contribution is 2.32. The Morgan fingerprint density at radius 1 is 1.33 bits per heavy atom. The Morgan fingerprint density at radius 3 is 2.96 bits per heavy atom. The Morgan fingerprint density at radius 2 is 2.21 bits per heavy atom. The third-order valence-corrected chi connectivity index (χ3v) is 5.79. The van der Waals surface area contributed by atoms with Crippen LogP contribution < -0.4 is 5.32 Å². The number of carbonyl (C=O) groups is 2. The van der Waals surface area contributed by atoms with Crippen molar-refractivity contribution in [1.29, 1.82) is 0 Å². The normalized spacial score (nSPS) is 21.0. The van der Waals surface area contributed by atoms with Crippen molar-refractivity contribution >= 4 is 29.2 Å². The van der Waals surface area contributed by atoms with E-state index in [1.165, 1.54) is 0 Å². The number of hydrogen-bond donors (Lipinski definition) is 1. The number of imidazole rings is 1. The molecule has 2 amide bonds. The van der Waals surface area contributed by atoms with Crippen LogP contribution in [-0.2, 0) is 16.1 Å². The zero-order chi connectivity index (χ0) is 16.5. The predicted octanol–water partition coefficient (Wildman–Crippen LogP) is 1.65. The number of amides is 2. The van der Waals surface area contributed by atoms with E-state index in [2.05, 4.69) is 10.3 Å². The fourth-order valence-electron chi connectivity index (χ4n) is 3.13. The van der Waals surface area contributed by atoms with Gasteiger partial charge in [0.15, 0.2) is 0 Å². The molecule has 0 aromatic carbocycles. The molecule has 0 unspecified atom stereocenters. The average molecular weight is 344 g/mol. The lowest BCUT2D eigenvalue weighted by molar-refractivity contribution is -0.143. The van der Waals surface area contributed by atoms with Crippen LogP contribution in [0, 0.1) is 5.92 Å². The molecule has 2 aromatic heterocycles. The minimum absolute atomic E-state index is 0.0790. The number of hydrogen-bond acceptors (Lipinski definition) is 4. The number of aromatic nitrogens is 2. The number of fused-ring (bicyclic) bond motifs is 1. The molecule has 2 aliphatic rings. The van der Waals surface area contributed by atoms with Gasteiger partial charge in [-0.2, -0.15) is 0 Å². The highest BCUT2D eigenvalue weighted by atomic mass is 32.2. The van der Waals surface area contributed by atoms with Gasteiger partial charge in [0.1, 0.15) is 11.7 Å². The summed E-state index contributed by atoms with van der Waals surface area (Å²) >= 11 is 1.65. The molecule has 4 rings (SSSR count). The molecule has 24 heavy (non-hydrogen) atoms. The molecule has 7 heteroatoms. The van der Waals surface area contributed by atoms with E-state index in [0.717, 1.165) is 30.6 Å². The van der Waals surface area contributed by atoms with Gasteiger partial charge in [0.2, 0.25) is 11.8 Å². The van der Waals surface area contributed by atoms with E-state index in [1.807, 2.05) is 35.0 Å². The summed E-state index contributed by atoms with van der Waals surface area (Å²) in [6, 6.07) is 5.46. The van der Waals surface area contributed by atoms with Crippen LogP contribution in [-0.4, -0.2) is 43.8 Å². The quantitative estimate of drug-likeness (QED) is 0.916. The van der Waals surface area contributed by atoms with Gasteiger partial charge in [0.05, 0.1) is 18.1 Å². The van der Waals surface area contributed by atoms with Gasteiger partial charge >= 0.3 is 0 Å². The van der Waals surface area contributed by atoms with Crippen molar-refractivity contribution in [2.75, 3.05) is 11.6 Å². The molecule has 1 saturated carbocycles. The van der Waals surface area contributed by atoms with Gasteiger partial charge in [-0.05, 0) is 25.0 Å². The van der Waals surface area contributed by atoms with Crippen molar-refractivity contribution in [3.63, 3.8) is 0 Å². The van der Waals surface area contributed by atoms with Gasteiger partial charge in [0.25, 0.3) is 0 Å². The number of nitrogens with one attached hydrogen (secondary N) is 1. The Kier molecular flexibility index (Phi) is 4.18. The van der Waals surface area contributed by atoms with Crippen molar-refractivity contribution in [1.82, 2.24) is 19.6 Å². The van der Waals surface area contributed by atoms with Crippen LogP contribution >= 0.6 is 11.8 Å². The molecule has 6 nitrogen and oxygen atoms in total. The maximum atomic E-state index is 12.5. The Hall–Kier alpha value is -2.02. The fourth-order valence-corrected chi connectivity index (χ4v) is 4.30. The average Bonchev–Trinajstić information content (AvgIpc) is 3.17. The Balaban J connectivity index is 1.38. The first kappa shape index (κ1) is 15.5. The SMILES string of the molecule is O=C(NCc1cn2ccccc2n1)[C@H]1CSCN1C(=O)C1CCC1. The van der Waals surface area contributed by atoms with E-state index in [1.54, 1.807) is 16.7 Å². The van der Waals surface area contributed by atoms with Gasteiger partial charge in [-0.25, -0.2) is 4.98 Å². The summed E-state index contributed by atoms with van der Waals surface area (Å²) in [5.41, 5.74) is 1.68. The summed E-state index contributed by atoms with van der Waals surface area (Å²) in [5, 5.41) is 2.94. The number of thioether (sulfide) groups is 1. The molecule has 0 radical (unpaired) electrons. The minimum Gasteiger partial charge on any atom is -0.349 e. The van der Waals surface area contributed by atoms with Crippen LogP contribution in [0.1, 0.15) is 25.0 Å². The van der Waals surface area contributed by atoms with Crippen molar-refractivity contribution < 1.29 is 9.59 Å². The van der Waals surface area contributed by atoms with E-state index in [0.29, 0.717) is 18.2 Å². The van der Waals surface area contributed by atoms with E-state index in [9.17, 15) is 9.59 Å². The molecule has 1 saturated heterocycles. The summed E-state index contributed by atoms with van der Waals surface area (Å²) in [5.74, 6) is 1.51. The van der Waals surface area contributed by atoms with Crippen molar-refractivity contribution in [3.8, 4) is 0 Å². The standard InChI is InChI=1S/C17H20N4O2S/c22-16(14-10-24-11-21(14)17(23)12-4-3-5-12)18-8-13-9-20-7-2-1-6-15(20)19-13/h1-2,6-7,9,12,14H,3-5,8,10-11H2,(H,18,22)/t14-/m1/s1. The second kappa shape index (κ2) is 6.47. The second-order valence-electron chi connectivity index (χ2n) is 6.37. The molecule has 1 aliphatic heterocycles. The van der Waals surface area contributed by atoms with Crippen LogP contribution in [0.25, 0.3) is 5.65 Å². The highest BCUT2D eigenvalue weighted by Gasteiger charge is 2.39. The molecule has 0 spiro atoms. The van der Waals surface area contributed by atoms with E-state index < -0.39 is 0 Å². The molecule has 1 atom stereocenters.